The Bertz CT molecular complexity index is 330. The van der Waals surface area contributed by atoms with Crippen LogP contribution in [0.5, 0.6) is 0 Å². The van der Waals surface area contributed by atoms with Gasteiger partial charge in [-0.3, -0.25) is 0 Å². The Hall–Kier alpha value is -0.0600. The molecule has 1 aromatic rings. The third kappa shape index (κ3) is 4.44. The summed E-state index contributed by atoms with van der Waals surface area (Å²) >= 11 is 7.09. The van der Waals surface area contributed by atoms with E-state index in [-0.39, 0.29) is 6.10 Å². The molecule has 0 aliphatic rings. The molecule has 4 heteroatoms. The van der Waals surface area contributed by atoms with Gasteiger partial charge in [0.15, 0.2) is 0 Å². The lowest BCUT2D eigenvalue weighted by Crippen LogP contribution is -2.13. The van der Waals surface area contributed by atoms with Crippen LogP contribution in [-0.2, 0) is 4.74 Å². The monoisotopic (exact) mass is 349 g/mol. The first-order chi connectivity index (χ1) is 7.50. The number of hydrogen-bond donors (Lipinski definition) is 1. The quantitative estimate of drug-likeness (QED) is 0.797. The topological polar surface area (TPSA) is 21.3 Å². The summed E-state index contributed by atoms with van der Waals surface area (Å²) in [5, 5.41) is 3.35. The Balaban J connectivity index is 2.54. The van der Waals surface area contributed by atoms with E-state index in [1.54, 1.807) is 0 Å². The molecule has 0 atom stereocenters. The summed E-state index contributed by atoms with van der Waals surface area (Å²) in [4.78, 5) is 0. The lowest BCUT2D eigenvalue weighted by molar-refractivity contribution is 0.0870. The van der Waals surface area contributed by atoms with Crippen molar-refractivity contribution < 1.29 is 4.74 Å². The maximum atomic E-state index is 5.47. The summed E-state index contributed by atoms with van der Waals surface area (Å²) in [5.74, 6) is 0. The van der Waals surface area contributed by atoms with E-state index in [0.29, 0.717) is 6.61 Å². The summed E-state index contributed by atoms with van der Waals surface area (Å²) in [6, 6.07) is 4.19. The minimum Gasteiger partial charge on any atom is -0.381 e. The van der Waals surface area contributed by atoms with Gasteiger partial charge in [-0.15, -0.1) is 0 Å². The van der Waals surface area contributed by atoms with Crippen molar-refractivity contribution in [3.63, 3.8) is 0 Å². The Morgan fingerprint density at radius 3 is 2.31 bits per heavy atom. The molecule has 90 valence electrons. The third-order valence-electron chi connectivity index (χ3n) is 2.04. The predicted octanol–water partition coefficient (Wildman–Crippen LogP) is 4.36. The molecule has 0 radical (unpaired) electrons. The average molecular weight is 351 g/mol. The fourth-order valence-corrected chi connectivity index (χ4v) is 3.04. The molecule has 0 heterocycles. The van der Waals surface area contributed by atoms with Gasteiger partial charge >= 0.3 is 0 Å². The van der Waals surface area contributed by atoms with Gasteiger partial charge in [0.05, 0.1) is 18.4 Å². The highest BCUT2D eigenvalue weighted by Crippen LogP contribution is 2.31. The van der Waals surface area contributed by atoms with E-state index in [4.69, 9.17) is 4.74 Å². The van der Waals surface area contributed by atoms with E-state index in [1.165, 1.54) is 5.56 Å². The molecule has 2 nitrogen and oxygen atoms in total. The molecular formula is C12H17Br2NO. The second kappa shape index (κ2) is 6.62. The molecular weight excluding hydrogens is 334 g/mol. The van der Waals surface area contributed by atoms with Gasteiger partial charge in [-0.2, -0.15) is 0 Å². The number of nitrogens with one attached hydrogen (secondary N) is 1. The highest BCUT2D eigenvalue weighted by atomic mass is 79.9. The minimum atomic E-state index is 0.284. The van der Waals surface area contributed by atoms with Gasteiger partial charge in [-0.25, -0.2) is 0 Å². The fraction of sp³-hybridized carbons (Fsp3) is 0.500. The van der Waals surface area contributed by atoms with Crippen molar-refractivity contribution >= 4 is 37.5 Å². The first-order valence-electron chi connectivity index (χ1n) is 5.32. The number of hydrogen-bond acceptors (Lipinski definition) is 2. The highest BCUT2D eigenvalue weighted by Gasteiger charge is 2.05. The predicted molar refractivity (Wildman–Crippen MR) is 76.2 cm³/mol. The summed E-state index contributed by atoms with van der Waals surface area (Å²) in [6.45, 7) is 7.67. The second-order valence-electron chi connectivity index (χ2n) is 3.95. The van der Waals surface area contributed by atoms with Crippen LogP contribution in [-0.4, -0.2) is 19.3 Å². The fourth-order valence-electron chi connectivity index (χ4n) is 1.34. The molecule has 1 aromatic carbocycles. The number of benzene rings is 1. The van der Waals surface area contributed by atoms with Crippen LogP contribution in [0.25, 0.3) is 0 Å². The third-order valence-corrected chi connectivity index (χ3v) is 3.29. The summed E-state index contributed by atoms with van der Waals surface area (Å²) in [6.07, 6.45) is 0.284. The van der Waals surface area contributed by atoms with Crippen molar-refractivity contribution in [3.05, 3.63) is 26.6 Å². The lowest BCUT2D eigenvalue weighted by Gasteiger charge is -2.13. The van der Waals surface area contributed by atoms with Gasteiger partial charge in [0.25, 0.3) is 0 Å². The van der Waals surface area contributed by atoms with Crippen molar-refractivity contribution in [3.8, 4) is 0 Å². The Kier molecular flexibility index (Phi) is 5.79. The van der Waals surface area contributed by atoms with Crippen LogP contribution in [0.4, 0.5) is 5.69 Å². The van der Waals surface area contributed by atoms with Crippen LogP contribution >= 0.6 is 31.9 Å². The lowest BCUT2D eigenvalue weighted by atomic mass is 10.2. The van der Waals surface area contributed by atoms with Crippen molar-refractivity contribution in [1.82, 2.24) is 0 Å². The Morgan fingerprint density at radius 2 is 1.81 bits per heavy atom. The molecule has 0 spiro atoms. The molecule has 0 unspecified atom stereocenters. The number of rotatable bonds is 5. The molecule has 1 rings (SSSR count). The van der Waals surface area contributed by atoms with Crippen molar-refractivity contribution in [2.45, 2.75) is 26.9 Å². The Labute approximate surface area is 114 Å². The molecule has 1 N–H and O–H groups in total. The van der Waals surface area contributed by atoms with E-state index in [9.17, 15) is 0 Å². The van der Waals surface area contributed by atoms with Gasteiger partial charge in [0, 0.05) is 15.5 Å². The molecule has 0 aliphatic heterocycles. The first-order valence-corrected chi connectivity index (χ1v) is 6.90. The molecule has 0 saturated carbocycles. The largest absolute Gasteiger partial charge is 0.381 e. The molecule has 0 bridgehead atoms. The first kappa shape index (κ1) is 14.0. The van der Waals surface area contributed by atoms with E-state index >= 15 is 0 Å². The maximum absolute atomic E-state index is 5.47. The van der Waals surface area contributed by atoms with Crippen molar-refractivity contribution in [1.29, 1.82) is 0 Å². The van der Waals surface area contributed by atoms with E-state index in [0.717, 1.165) is 21.2 Å². The van der Waals surface area contributed by atoms with Crippen LogP contribution in [0.3, 0.4) is 0 Å². The van der Waals surface area contributed by atoms with Gasteiger partial charge in [0.2, 0.25) is 0 Å². The summed E-state index contributed by atoms with van der Waals surface area (Å²) in [5.41, 5.74) is 2.31. The molecule has 0 aliphatic carbocycles. The standard InChI is InChI=1S/C12H17Br2NO/c1-8(2)16-5-4-15-12-10(13)6-9(3)7-11(12)14/h6-8,15H,4-5H2,1-3H3. The van der Waals surface area contributed by atoms with Crippen LogP contribution in [0.2, 0.25) is 0 Å². The van der Waals surface area contributed by atoms with E-state index in [1.807, 2.05) is 13.8 Å². The van der Waals surface area contributed by atoms with Crippen LogP contribution < -0.4 is 5.32 Å². The van der Waals surface area contributed by atoms with E-state index in [2.05, 4.69) is 56.2 Å². The molecule has 0 aromatic heterocycles. The van der Waals surface area contributed by atoms with Gasteiger partial charge < -0.3 is 10.1 Å². The van der Waals surface area contributed by atoms with Crippen LogP contribution in [0, 0.1) is 6.92 Å². The van der Waals surface area contributed by atoms with Crippen molar-refractivity contribution in [2.24, 2.45) is 0 Å². The highest BCUT2D eigenvalue weighted by molar-refractivity contribution is 9.11. The van der Waals surface area contributed by atoms with E-state index < -0.39 is 0 Å². The SMILES string of the molecule is Cc1cc(Br)c(NCCOC(C)C)c(Br)c1. The van der Waals surface area contributed by atoms with Gasteiger partial charge in [-0.05, 0) is 70.3 Å². The zero-order valence-corrected chi connectivity index (χ0v) is 13.0. The number of anilines is 1. The molecule has 0 saturated heterocycles. The number of ether oxygens (including phenoxy) is 1. The minimum absolute atomic E-state index is 0.284. The van der Waals surface area contributed by atoms with Crippen LogP contribution in [0.15, 0.2) is 21.1 Å². The summed E-state index contributed by atoms with van der Waals surface area (Å²) in [7, 11) is 0. The smallest absolute Gasteiger partial charge is 0.0642 e. The molecule has 0 amide bonds. The van der Waals surface area contributed by atoms with Crippen molar-refractivity contribution in [2.75, 3.05) is 18.5 Å². The van der Waals surface area contributed by atoms with Gasteiger partial charge in [-0.1, -0.05) is 0 Å². The maximum Gasteiger partial charge on any atom is 0.0642 e. The zero-order chi connectivity index (χ0) is 12.1. The Morgan fingerprint density at radius 1 is 1.25 bits per heavy atom. The van der Waals surface area contributed by atoms with Gasteiger partial charge in [0.1, 0.15) is 0 Å². The molecule has 16 heavy (non-hydrogen) atoms. The molecule has 0 fully saturated rings. The normalized spacial score (nSPS) is 10.9. The average Bonchev–Trinajstić information content (AvgIpc) is 2.14. The zero-order valence-electron chi connectivity index (χ0n) is 9.81. The number of aryl methyl sites for hydroxylation is 1. The second-order valence-corrected chi connectivity index (χ2v) is 5.66. The summed E-state index contributed by atoms with van der Waals surface area (Å²) < 4.78 is 7.62. The number of halogens is 2. The van der Waals surface area contributed by atoms with Crippen LogP contribution in [0.1, 0.15) is 19.4 Å².